The second-order valence-corrected chi connectivity index (χ2v) is 30.7. The van der Waals surface area contributed by atoms with E-state index in [-0.39, 0.29) is 20.7 Å². The zero-order valence-electron chi connectivity index (χ0n) is 10.6. The van der Waals surface area contributed by atoms with Crippen molar-refractivity contribution < 1.29 is 25.3 Å². The van der Waals surface area contributed by atoms with Gasteiger partial charge in [0.15, 0.2) is 0 Å². The molecular formula is C14H14NiO4. The molecule has 0 aromatic carbocycles. The molecule has 5 heteroatoms. The van der Waals surface area contributed by atoms with Crippen LogP contribution in [0.4, 0.5) is 0 Å². The number of carbonyl (C=O) groups is 2. The van der Waals surface area contributed by atoms with Crippen molar-refractivity contribution in [2.75, 3.05) is 14.2 Å². The molecule has 0 aliphatic carbocycles. The molecule has 10 aliphatic heterocycles. The predicted octanol–water partition coefficient (Wildman–Crippen LogP) is 2.46. The number of ether oxygens (including phenoxy) is 2. The summed E-state index contributed by atoms with van der Waals surface area (Å²) in [5.41, 5.74) is 0. The molecule has 0 aromatic heterocycles. The first kappa shape index (κ1) is 7.44. The molecule has 4 nitrogen and oxygen atoms in total. The summed E-state index contributed by atoms with van der Waals surface area (Å²) >= 11 is 0. The van der Waals surface area contributed by atoms with Crippen molar-refractivity contribution in [3.63, 3.8) is 0 Å². The molecule has 0 N–H and O–H groups in total. The van der Waals surface area contributed by atoms with Crippen LogP contribution < -0.4 is 0 Å². The minimum absolute atomic E-state index is 0.0290. The quantitative estimate of drug-likeness (QED) is 0.581. The van der Waals surface area contributed by atoms with E-state index >= 15 is 0 Å². The summed E-state index contributed by atoms with van der Waals surface area (Å²) in [6, 6.07) is 0. The van der Waals surface area contributed by atoms with Gasteiger partial charge < -0.3 is 0 Å². The van der Waals surface area contributed by atoms with Gasteiger partial charge in [0.25, 0.3) is 0 Å². The first-order valence-corrected chi connectivity index (χ1v) is 12.6. The number of rotatable bonds is 2. The fourth-order valence-electron chi connectivity index (χ4n) is 16.0. The van der Waals surface area contributed by atoms with Crippen LogP contribution in [0.3, 0.4) is 0 Å². The molecule has 8 atom stereocenters. The number of carbonyl (C=O) groups excluding carboxylic acids is 2. The number of hydrogen-bond donors (Lipinski definition) is 0. The van der Waals surface area contributed by atoms with Crippen LogP contribution in [0.5, 0.6) is 0 Å². The van der Waals surface area contributed by atoms with E-state index in [2.05, 4.69) is 0 Å². The fraction of sp³-hybridized carbons (Fsp3) is 0.857. The van der Waals surface area contributed by atoms with Crippen LogP contribution >= 0.6 is 0 Å². The third-order valence-corrected chi connectivity index (χ3v) is 52.5. The molecule has 0 aromatic rings. The summed E-state index contributed by atoms with van der Waals surface area (Å²) in [6.45, 7) is 0. The normalized spacial score (nSPS) is 111. The van der Waals surface area contributed by atoms with Gasteiger partial charge in [0.1, 0.15) is 0 Å². The Morgan fingerprint density at radius 1 is 0.789 bits per heavy atom. The molecule has 0 amide bonds. The molecule has 19 heavy (non-hydrogen) atoms. The Labute approximate surface area is 99.5 Å². The van der Waals surface area contributed by atoms with Gasteiger partial charge in [0.2, 0.25) is 0 Å². The number of hydrogen-bond acceptors (Lipinski definition) is 4. The molecule has 1 spiro atoms. The van der Waals surface area contributed by atoms with Gasteiger partial charge in [-0.1, -0.05) is 0 Å². The molecular weight excluding hydrogens is 291 g/mol. The second kappa shape index (κ2) is 0.602. The molecule has 10 heterocycles. The van der Waals surface area contributed by atoms with E-state index in [0.717, 1.165) is 19.6 Å². The molecule has 0 radical (unpaired) electrons. The molecule has 10 saturated heterocycles. The topological polar surface area (TPSA) is 52.6 Å². The van der Waals surface area contributed by atoms with E-state index in [4.69, 9.17) is 9.47 Å². The third kappa shape index (κ3) is 0.0712. The van der Waals surface area contributed by atoms with Crippen molar-refractivity contribution in [3.8, 4) is 0 Å². The Morgan fingerprint density at radius 3 is 1.32 bits per heavy atom. The van der Waals surface area contributed by atoms with Crippen LogP contribution in [0, 0.1) is 0 Å². The van der Waals surface area contributed by atoms with Crippen molar-refractivity contribution >= 4 is 11.9 Å². The van der Waals surface area contributed by atoms with Gasteiger partial charge in [-0.3, -0.25) is 0 Å². The fourth-order valence-corrected chi connectivity index (χ4v) is 80.4. The average Bonchev–Trinajstić information content (AvgIpc) is 3.37. The molecule has 8 unspecified atom stereocenters. The van der Waals surface area contributed by atoms with E-state index in [1.807, 2.05) is 0 Å². The SMILES string of the molecule is COC(=O)[C]12[CH]3[CH]4[CH]5[CH]1[Ni]45321678[CH]2[CH]1[CH]6[C]7(C(=O)OC)[CH]28. The van der Waals surface area contributed by atoms with Crippen LogP contribution in [0.15, 0.2) is 0 Å². The molecule has 0 bridgehead atoms. The van der Waals surface area contributed by atoms with Gasteiger partial charge >= 0.3 is 99.3 Å². The Kier molecular flexibility index (Phi) is 0.236. The van der Waals surface area contributed by atoms with Crippen LogP contribution in [0.25, 0.3) is 0 Å². The maximum absolute atomic E-state index is 12.7. The summed E-state index contributed by atoms with van der Waals surface area (Å²) in [5, 5.41) is 0. The molecule has 10 rings (SSSR count). The Hall–Kier alpha value is -0.566. The van der Waals surface area contributed by atoms with E-state index in [0.29, 0.717) is 19.6 Å². The van der Waals surface area contributed by atoms with Crippen LogP contribution in [0.2, 0.25) is 47.9 Å². The summed E-state index contributed by atoms with van der Waals surface area (Å²) in [5.74, 6) is 0.215. The average molecular weight is 305 g/mol. The van der Waals surface area contributed by atoms with Crippen LogP contribution in [0.1, 0.15) is 0 Å². The summed E-state index contributed by atoms with van der Waals surface area (Å²) < 4.78 is 10.5. The number of methoxy groups -OCH3 is 2. The molecule has 10 fully saturated rings. The van der Waals surface area contributed by atoms with Crippen molar-refractivity contribution in [2.45, 2.75) is 47.9 Å². The van der Waals surface area contributed by atoms with Gasteiger partial charge in [-0.05, 0) is 0 Å². The summed E-state index contributed by atoms with van der Waals surface area (Å²) in [6.07, 6.45) is -3.72. The van der Waals surface area contributed by atoms with Crippen molar-refractivity contribution in [1.29, 1.82) is 0 Å². The van der Waals surface area contributed by atoms with Crippen molar-refractivity contribution in [3.05, 3.63) is 0 Å². The molecule has 104 valence electrons. The summed E-state index contributed by atoms with van der Waals surface area (Å²) in [4.78, 5) is 31.8. The maximum atomic E-state index is 12.7. The standard InChI is InChI=1S/2C7H7O2.Ni/c2*1-9-7(8)6-4-2-3-5-6;/h2*2-5H,1H3;. The Bertz CT molecular complexity index is 1030. The van der Waals surface area contributed by atoms with Crippen molar-refractivity contribution in [2.24, 2.45) is 0 Å². The summed E-state index contributed by atoms with van der Waals surface area (Å²) in [7, 11) is 3.11. The van der Waals surface area contributed by atoms with Crippen molar-refractivity contribution in [1.82, 2.24) is 0 Å². The van der Waals surface area contributed by atoms with Crippen LogP contribution in [-0.4, -0.2) is 26.2 Å². The van der Waals surface area contributed by atoms with Gasteiger partial charge in [-0.15, -0.1) is 0 Å². The minimum atomic E-state index is -3.72. The third-order valence-electron chi connectivity index (χ3n) is 14.4. The Balaban J connectivity index is 1.60. The monoisotopic (exact) mass is 304 g/mol. The van der Waals surface area contributed by atoms with Gasteiger partial charge in [0, 0.05) is 0 Å². The van der Waals surface area contributed by atoms with E-state index in [1.54, 1.807) is 14.2 Å². The zero-order valence-corrected chi connectivity index (χ0v) is 11.6. The molecule has 0 saturated carbocycles. The van der Waals surface area contributed by atoms with E-state index in [9.17, 15) is 9.59 Å². The van der Waals surface area contributed by atoms with E-state index in [1.165, 1.54) is 0 Å². The zero-order chi connectivity index (χ0) is 12.5. The van der Waals surface area contributed by atoms with E-state index < -0.39 is 6.23 Å². The second-order valence-electron chi connectivity index (χ2n) is 9.97. The first-order chi connectivity index (χ1) is 8.89. The molecule has 10 aliphatic rings. The van der Waals surface area contributed by atoms with Crippen LogP contribution in [-0.2, 0) is 25.3 Å². The Morgan fingerprint density at radius 2 is 1.11 bits per heavy atom. The van der Waals surface area contributed by atoms with Gasteiger partial charge in [0.05, 0.1) is 0 Å². The van der Waals surface area contributed by atoms with Gasteiger partial charge in [-0.25, -0.2) is 0 Å². The first-order valence-electron chi connectivity index (χ1n) is 7.06. The van der Waals surface area contributed by atoms with Gasteiger partial charge in [-0.2, -0.15) is 0 Å². The number of esters is 2. The number of fused-ring (bicyclic) bond motifs is 10. The predicted molar refractivity (Wildman–Crippen MR) is 59.4 cm³/mol.